The first-order valence-electron chi connectivity index (χ1n) is 13.4. The van der Waals surface area contributed by atoms with E-state index in [4.69, 9.17) is 9.15 Å². The molecule has 6 nitrogen and oxygen atoms in total. The monoisotopic (exact) mass is 599 g/mol. The molecule has 0 spiro atoms. The van der Waals surface area contributed by atoms with E-state index in [1.54, 1.807) is 6.07 Å². The number of para-hydroxylation sites is 1. The molecule has 0 aliphatic carbocycles. The van der Waals surface area contributed by atoms with Gasteiger partial charge >= 0.3 is 5.97 Å². The normalized spacial score (nSPS) is 11.9. The van der Waals surface area contributed by atoms with Crippen LogP contribution in [0.4, 0.5) is 0 Å². The molecule has 0 saturated heterocycles. The van der Waals surface area contributed by atoms with Crippen molar-refractivity contribution in [1.82, 2.24) is 5.32 Å². The molecule has 204 valence electrons. The van der Waals surface area contributed by atoms with Crippen LogP contribution in [0.15, 0.2) is 93.8 Å². The average molecular weight is 601 g/mol. The van der Waals surface area contributed by atoms with Gasteiger partial charge in [-0.25, -0.2) is 4.79 Å². The lowest BCUT2D eigenvalue weighted by molar-refractivity contribution is -0.145. The van der Waals surface area contributed by atoms with Crippen LogP contribution in [0.2, 0.25) is 0 Å². The van der Waals surface area contributed by atoms with Gasteiger partial charge in [-0.05, 0) is 62.4 Å². The zero-order valence-corrected chi connectivity index (χ0v) is 23.7. The van der Waals surface area contributed by atoms with Crippen LogP contribution >= 0.6 is 15.9 Å². The first-order valence-corrected chi connectivity index (χ1v) is 14.2. The molecule has 0 aliphatic heterocycles. The Balaban J connectivity index is 1.32. The minimum atomic E-state index is -1.02. The Hall–Kier alpha value is -4.10. The van der Waals surface area contributed by atoms with Crippen LogP contribution in [-0.4, -0.2) is 23.1 Å². The molecule has 1 heterocycles. The summed E-state index contributed by atoms with van der Waals surface area (Å²) in [5.41, 5.74) is 3.16. The maximum absolute atomic E-state index is 13.3. The van der Waals surface area contributed by atoms with Crippen LogP contribution < -0.4 is 10.1 Å². The summed E-state index contributed by atoms with van der Waals surface area (Å²) in [7, 11) is 0. The van der Waals surface area contributed by atoms with Gasteiger partial charge in [-0.3, -0.25) is 4.79 Å². The van der Waals surface area contributed by atoms with Crippen molar-refractivity contribution in [3.63, 3.8) is 0 Å². The van der Waals surface area contributed by atoms with Crippen molar-refractivity contribution in [3.8, 4) is 5.75 Å². The van der Waals surface area contributed by atoms with E-state index in [1.807, 2.05) is 78.9 Å². The van der Waals surface area contributed by atoms with E-state index in [2.05, 4.69) is 28.2 Å². The summed E-state index contributed by atoms with van der Waals surface area (Å²) in [5.74, 6) is 0.00942. The number of nitrogens with one attached hydrogen (secondary N) is 1. The number of hydrogen-bond acceptors (Lipinski definition) is 4. The molecule has 0 saturated carbocycles. The summed E-state index contributed by atoms with van der Waals surface area (Å²) in [5, 5.41) is 15.5. The van der Waals surface area contributed by atoms with E-state index in [9.17, 15) is 14.7 Å². The highest BCUT2D eigenvalue weighted by Gasteiger charge is 2.22. The van der Waals surface area contributed by atoms with E-state index in [1.165, 1.54) is 0 Å². The molecule has 1 aromatic heterocycles. The van der Waals surface area contributed by atoms with Crippen LogP contribution in [0.3, 0.4) is 0 Å². The predicted octanol–water partition coefficient (Wildman–Crippen LogP) is 7.70. The van der Waals surface area contributed by atoms with Crippen molar-refractivity contribution in [1.29, 1.82) is 0 Å². The number of rotatable bonds is 11. The molecule has 5 rings (SSSR count). The van der Waals surface area contributed by atoms with E-state index in [0.29, 0.717) is 22.3 Å². The lowest BCUT2D eigenvalue weighted by Gasteiger charge is -2.17. The smallest absolute Gasteiger partial charge is 0.345 e. The number of fused-ring (bicyclic) bond motifs is 2. The van der Waals surface area contributed by atoms with Gasteiger partial charge in [-0.2, -0.15) is 0 Å². The van der Waals surface area contributed by atoms with Crippen LogP contribution in [0.5, 0.6) is 5.75 Å². The highest BCUT2D eigenvalue weighted by Crippen LogP contribution is 2.35. The number of benzene rings is 4. The lowest BCUT2D eigenvalue weighted by Crippen LogP contribution is -2.29. The number of ether oxygens (including phenoxy) is 1. The summed E-state index contributed by atoms with van der Waals surface area (Å²) in [6, 6.07) is 26.6. The van der Waals surface area contributed by atoms with Gasteiger partial charge in [0.15, 0.2) is 6.10 Å². The highest BCUT2D eigenvalue weighted by molar-refractivity contribution is 9.10. The van der Waals surface area contributed by atoms with E-state index < -0.39 is 12.1 Å². The molecule has 1 unspecified atom stereocenters. The van der Waals surface area contributed by atoms with E-state index in [0.717, 1.165) is 57.9 Å². The number of furan rings is 1. The SMILES string of the molecule is CCCCc1oc2ccccc2c1C(=O)NCc1ccc2c(Br)c(OC(Cc3ccccc3)C(=O)O)ccc2c1. The second-order valence-corrected chi connectivity index (χ2v) is 10.5. The van der Waals surface area contributed by atoms with E-state index in [-0.39, 0.29) is 12.3 Å². The average Bonchev–Trinajstić information content (AvgIpc) is 3.34. The number of carboxylic acids is 1. The summed E-state index contributed by atoms with van der Waals surface area (Å²) < 4.78 is 12.6. The summed E-state index contributed by atoms with van der Waals surface area (Å²) in [4.78, 5) is 25.2. The van der Waals surface area contributed by atoms with Crippen molar-refractivity contribution in [3.05, 3.63) is 112 Å². The van der Waals surface area contributed by atoms with Crippen LogP contribution in [0.1, 0.15) is 47.0 Å². The zero-order chi connectivity index (χ0) is 28.1. The molecule has 4 aromatic carbocycles. The predicted molar refractivity (Wildman–Crippen MR) is 160 cm³/mol. The zero-order valence-electron chi connectivity index (χ0n) is 22.2. The van der Waals surface area contributed by atoms with Crippen molar-refractivity contribution >= 4 is 49.5 Å². The molecule has 0 bridgehead atoms. The van der Waals surface area contributed by atoms with Gasteiger partial charge < -0.3 is 19.6 Å². The third-order valence-electron chi connectivity index (χ3n) is 6.90. The van der Waals surface area contributed by atoms with Crippen molar-refractivity contribution < 1.29 is 23.8 Å². The van der Waals surface area contributed by atoms with Gasteiger partial charge in [0.1, 0.15) is 17.1 Å². The lowest BCUT2D eigenvalue weighted by atomic mass is 10.0. The van der Waals surface area contributed by atoms with Gasteiger partial charge in [-0.15, -0.1) is 0 Å². The molecule has 0 fully saturated rings. The Labute approximate surface area is 241 Å². The van der Waals surface area contributed by atoms with Gasteiger partial charge in [0.2, 0.25) is 0 Å². The first kappa shape index (κ1) is 27.5. The minimum absolute atomic E-state index is 0.154. The van der Waals surface area contributed by atoms with Crippen LogP contribution in [-0.2, 0) is 24.2 Å². The molecule has 0 radical (unpaired) electrons. The Morgan fingerprint density at radius 1 is 0.950 bits per heavy atom. The number of carbonyl (C=O) groups is 2. The maximum atomic E-state index is 13.3. The maximum Gasteiger partial charge on any atom is 0.345 e. The number of amides is 1. The highest BCUT2D eigenvalue weighted by atomic mass is 79.9. The molecule has 40 heavy (non-hydrogen) atoms. The molecule has 7 heteroatoms. The van der Waals surface area contributed by atoms with Gasteiger partial charge in [-0.1, -0.05) is 80.1 Å². The topological polar surface area (TPSA) is 88.8 Å². The van der Waals surface area contributed by atoms with Crippen molar-refractivity contribution in [2.45, 2.75) is 45.3 Å². The summed E-state index contributed by atoms with van der Waals surface area (Å²) >= 11 is 3.61. The molecular weight excluding hydrogens is 570 g/mol. The number of carboxylic acid groups (broad SMARTS) is 1. The number of aryl methyl sites for hydroxylation is 1. The Morgan fingerprint density at radius 2 is 1.73 bits per heavy atom. The number of unbranched alkanes of at least 4 members (excludes halogenated alkanes) is 1. The van der Waals surface area contributed by atoms with Crippen LogP contribution in [0, 0.1) is 0 Å². The largest absolute Gasteiger partial charge is 0.478 e. The molecular formula is C33H30BrNO5. The molecule has 1 amide bonds. The Bertz CT molecular complexity index is 1660. The quantitative estimate of drug-likeness (QED) is 0.162. The number of carbonyl (C=O) groups excluding carboxylic acids is 1. The Morgan fingerprint density at radius 3 is 2.50 bits per heavy atom. The fourth-order valence-electron chi connectivity index (χ4n) is 4.81. The molecule has 2 N–H and O–H groups in total. The van der Waals surface area contributed by atoms with E-state index >= 15 is 0 Å². The van der Waals surface area contributed by atoms with Gasteiger partial charge in [0, 0.05) is 24.8 Å². The van der Waals surface area contributed by atoms with Gasteiger partial charge in [0.25, 0.3) is 5.91 Å². The van der Waals surface area contributed by atoms with Crippen molar-refractivity contribution in [2.24, 2.45) is 0 Å². The fraction of sp³-hybridized carbons (Fsp3) is 0.212. The second kappa shape index (κ2) is 12.4. The summed E-state index contributed by atoms with van der Waals surface area (Å²) in [6.07, 6.45) is 1.92. The summed E-state index contributed by atoms with van der Waals surface area (Å²) in [6.45, 7) is 2.47. The van der Waals surface area contributed by atoms with Crippen LogP contribution in [0.25, 0.3) is 21.7 Å². The molecule has 1 atom stereocenters. The molecule has 0 aliphatic rings. The second-order valence-electron chi connectivity index (χ2n) is 9.75. The Kier molecular flexibility index (Phi) is 8.51. The van der Waals surface area contributed by atoms with Gasteiger partial charge in [0.05, 0.1) is 10.0 Å². The number of aliphatic carboxylic acids is 1. The third-order valence-corrected chi connectivity index (χ3v) is 7.72. The van der Waals surface area contributed by atoms with Crippen molar-refractivity contribution in [2.75, 3.05) is 0 Å². The number of hydrogen-bond donors (Lipinski definition) is 2. The minimum Gasteiger partial charge on any atom is -0.478 e. The standard InChI is InChI=1S/C33H30BrNO5/c1-2-3-12-27-30(25-11-7-8-13-26(25)39-27)32(36)35-20-22-14-16-24-23(18-22)15-17-28(31(24)34)40-29(33(37)38)19-21-9-5-4-6-10-21/h4-11,13-18,29H,2-3,12,19-20H2,1H3,(H,35,36)(H,37,38). The fourth-order valence-corrected chi connectivity index (χ4v) is 5.40. The number of halogens is 1. The third kappa shape index (κ3) is 6.05. The first-order chi connectivity index (χ1) is 19.4. The molecule has 5 aromatic rings.